The number of hydrogen-bond donors (Lipinski definition) is 0. The first kappa shape index (κ1) is 16.3. The standard InChI is InChI=1S/C19H29N3O/c1-2-18-10-6-7-11-22(18)19(23)21-14-12-20(13-15-21)16-17-8-4-3-5-9-17/h3-5,8-9,18H,2,6-7,10-16H2,1H3. The molecule has 0 spiro atoms. The first-order chi connectivity index (χ1) is 11.3. The third-order valence-corrected chi connectivity index (χ3v) is 5.24. The van der Waals surface area contributed by atoms with Crippen molar-refractivity contribution in [3.63, 3.8) is 0 Å². The van der Waals surface area contributed by atoms with E-state index < -0.39 is 0 Å². The molecule has 0 saturated carbocycles. The first-order valence-electron chi connectivity index (χ1n) is 9.09. The Labute approximate surface area is 140 Å². The average molecular weight is 315 g/mol. The van der Waals surface area contributed by atoms with Crippen molar-refractivity contribution in [2.45, 2.75) is 45.2 Å². The lowest BCUT2D eigenvalue weighted by Gasteiger charge is -2.41. The van der Waals surface area contributed by atoms with Crippen LogP contribution in [0, 0.1) is 0 Å². The van der Waals surface area contributed by atoms with E-state index in [0.29, 0.717) is 6.04 Å². The van der Waals surface area contributed by atoms with Gasteiger partial charge in [0.15, 0.2) is 0 Å². The van der Waals surface area contributed by atoms with Crippen molar-refractivity contribution < 1.29 is 4.79 Å². The average Bonchev–Trinajstić information content (AvgIpc) is 2.62. The van der Waals surface area contributed by atoms with Crippen molar-refractivity contribution >= 4 is 6.03 Å². The Bertz CT molecular complexity index is 497. The van der Waals surface area contributed by atoms with Crippen LogP contribution in [-0.2, 0) is 6.54 Å². The second kappa shape index (κ2) is 7.82. The molecule has 1 aromatic rings. The smallest absolute Gasteiger partial charge is 0.320 e. The zero-order valence-electron chi connectivity index (χ0n) is 14.3. The minimum Gasteiger partial charge on any atom is -0.322 e. The molecule has 0 bridgehead atoms. The molecule has 1 unspecified atom stereocenters. The Balaban J connectivity index is 1.51. The summed E-state index contributed by atoms with van der Waals surface area (Å²) < 4.78 is 0. The number of amides is 2. The van der Waals surface area contributed by atoms with Crippen LogP contribution in [-0.4, -0.2) is 59.5 Å². The summed E-state index contributed by atoms with van der Waals surface area (Å²) in [6, 6.07) is 11.3. The summed E-state index contributed by atoms with van der Waals surface area (Å²) in [4.78, 5) is 19.5. The Hall–Kier alpha value is -1.55. The predicted molar refractivity (Wildman–Crippen MR) is 93.3 cm³/mol. The molecule has 3 rings (SSSR count). The summed E-state index contributed by atoms with van der Waals surface area (Å²) in [5.74, 6) is 0. The molecule has 4 nitrogen and oxygen atoms in total. The number of nitrogens with zero attached hydrogens (tertiary/aromatic N) is 3. The normalized spacial score (nSPS) is 23.1. The van der Waals surface area contributed by atoms with Crippen LogP contribution in [0.1, 0.15) is 38.2 Å². The highest BCUT2D eigenvalue weighted by atomic mass is 16.2. The number of piperidine rings is 1. The van der Waals surface area contributed by atoms with Crippen molar-refractivity contribution in [1.29, 1.82) is 0 Å². The lowest BCUT2D eigenvalue weighted by molar-refractivity contribution is 0.0864. The molecule has 2 aliphatic rings. The van der Waals surface area contributed by atoms with Crippen LogP contribution in [0.25, 0.3) is 0 Å². The van der Waals surface area contributed by atoms with Crippen molar-refractivity contribution in [3.8, 4) is 0 Å². The van der Waals surface area contributed by atoms with Gasteiger partial charge in [-0.05, 0) is 31.2 Å². The van der Waals surface area contributed by atoms with Gasteiger partial charge in [0.2, 0.25) is 0 Å². The van der Waals surface area contributed by atoms with E-state index in [1.807, 2.05) is 0 Å². The fourth-order valence-electron chi connectivity index (χ4n) is 3.80. The highest BCUT2D eigenvalue weighted by Crippen LogP contribution is 2.21. The van der Waals surface area contributed by atoms with Gasteiger partial charge in [-0.3, -0.25) is 4.90 Å². The van der Waals surface area contributed by atoms with Crippen molar-refractivity contribution in [1.82, 2.24) is 14.7 Å². The first-order valence-corrected chi connectivity index (χ1v) is 9.09. The number of rotatable bonds is 3. The van der Waals surface area contributed by atoms with Gasteiger partial charge in [-0.25, -0.2) is 4.79 Å². The summed E-state index contributed by atoms with van der Waals surface area (Å²) in [6.07, 6.45) is 4.69. The van der Waals surface area contributed by atoms with E-state index in [4.69, 9.17) is 0 Å². The minimum atomic E-state index is 0.274. The number of likely N-dealkylation sites (tertiary alicyclic amines) is 1. The zero-order chi connectivity index (χ0) is 16.1. The van der Waals surface area contributed by atoms with E-state index in [0.717, 1.165) is 52.1 Å². The van der Waals surface area contributed by atoms with Gasteiger partial charge in [-0.2, -0.15) is 0 Å². The maximum atomic E-state index is 12.8. The van der Waals surface area contributed by atoms with Crippen LogP contribution >= 0.6 is 0 Å². The van der Waals surface area contributed by atoms with E-state index in [9.17, 15) is 4.79 Å². The molecule has 2 amide bonds. The fraction of sp³-hybridized carbons (Fsp3) is 0.632. The molecule has 4 heteroatoms. The number of benzene rings is 1. The molecule has 0 aliphatic carbocycles. The van der Waals surface area contributed by atoms with Crippen LogP contribution in [0.15, 0.2) is 30.3 Å². The monoisotopic (exact) mass is 315 g/mol. The Morgan fingerprint density at radius 1 is 1.04 bits per heavy atom. The molecule has 0 aromatic heterocycles. The molecule has 0 radical (unpaired) electrons. The molecule has 1 atom stereocenters. The van der Waals surface area contributed by atoms with E-state index >= 15 is 0 Å². The molecule has 2 heterocycles. The summed E-state index contributed by atoms with van der Waals surface area (Å²) in [5.41, 5.74) is 1.36. The van der Waals surface area contributed by atoms with Gasteiger partial charge in [0.25, 0.3) is 0 Å². The lowest BCUT2D eigenvalue weighted by atomic mass is 10.0. The van der Waals surface area contributed by atoms with Crippen LogP contribution in [0.2, 0.25) is 0 Å². The highest BCUT2D eigenvalue weighted by Gasteiger charge is 2.30. The zero-order valence-corrected chi connectivity index (χ0v) is 14.3. The summed E-state index contributed by atoms with van der Waals surface area (Å²) in [7, 11) is 0. The second-order valence-electron chi connectivity index (χ2n) is 6.78. The number of hydrogen-bond acceptors (Lipinski definition) is 2. The SMILES string of the molecule is CCC1CCCCN1C(=O)N1CCN(Cc2ccccc2)CC1. The van der Waals surface area contributed by atoms with E-state index in [2.05, 4.69) is 52.0 Å². The largest absolute Gasteiger partial charge is 0.322 e. The summed E-state index contributed by atoms with van der Waals surface area (Å²) >= 11 is 0. The quantitative estimate of drug-likeness (QED) is 0.856. The molecule has 2 fully saturated rings. The van der Waals surface area contributed by atoms with Crippen LogP contribution in [0.3, 0.4) is 0 Å². The summed E-state index contributed by atoms with van der Waals surface area (Å²) in [6.45, 7) is 7.81. The maximum Gasteiger partial charge on any atom is 0.320 e. The van der Waals surface area contributed by atoms with Crippen molar-refractivity contribution in [2.24, 2.45) is 0 Å². The van der Waals surface area contributed by atoms with Gasteiger partial charge in [0.1, 0.15) is 0 Å². The number of urea groups is 1. The van der Waals surface area contributed by atoms with Gasteiger partial charge in [0, 0.05) is 45.3 Å². The summed E-state index contributed by atoms with van der Waals surface area (Å²) in [5, 5.41) is 0. The molecule has 2 aliphatic heterocycles. The van der Waals surface area contributed by atoms with Crippen molar-refractivity contribution in [2.75, 3.05) is 32.7 Å². The van der Waals surface area contributed by atoms with Crippen LogP contribution < -0.4 is 0 Å². The Morgan fingerprint density at radius 2 is 1.78 bits per heavy atom. The van der Waals surface area contributed by atoms with Gasteiger partial charge in [0.05, 0.1) is 0 Å². The third-order valence-electron chi connectivity index (χ3n) is 5.24. The molecule has 1 aromatic carbocycles. The second-order valence-corrected chi connectivity index (χ2v) is 6.78. The van der Waals surface area contributed by atoms with Gasteiger partial charge in [-0.1, -0.05) is 37.3 Å². The number of carbonyl (C=O) groups is 1. The van der Waals surface area contributed by atoms with E-state index in [1.165, 1.54) is 18.4 Å². The number of carbonyl (C=O) groups excluding carboxylic acids is 1. The van der Waals surface area contributed by atoms with Crippen LogP contribution in [0.5, 0.6) is 0 Å². The Kier molecular flexibility index (Phi) is 5.55. The number of piperazine rings is 1. The minimum absolute atomic E-state index is 0.274. The topological polar surface area (TPSA) is 26.8 Å². The molecule has 0 N–H and O–H groups in total. The van der Waals surface area contributed by atoms with Crippen molar-refractivity contribution in [3.05, 3.63) is 35.9 Å². The van der Waals surface area contributed by atoms with Crippen LogP contribution in [0.4, 0.5) is 4.79 Å². The molecular weight excluding hydrogens is 286 g/mol. The van der Waals surface area contributed by atoms with E-state index in [-0.39, 0.29) is 6.03 Å². The molecule has 126 valence electrons. The molecule has 23 heavy (non-hydrogen) atoms. The highest BCUT2D eigenvalue weighted by molar-refractivity contribution is 5.75. The molecule has 2 saturated heterocycles. The lowest BCUT2D eigenvalue weighted by Crippen LogP contribution is -2.55. The van der Waals surface area contributed by atoms with Gasteiger partial charge < -0.3 is 9.80 Å². The molecular formula is C19H29N3O. The van der Waals surface area contributed by atoms with E-state index in [1.54, 1.807) is 0 Å². The third kappa shape index (κ3) is 4.05. The fourth-order valence-corrected chi connectivity index (χ4v) is 3.80. The maximum absolute atomic E-state index is 12.8. The van der Waals surface area contributed by atoms with Gasteiger partial charge in [-0.15, -0.1) is 0 Å². The Morgan fingerprint density at radius 3 is 2.48 bits per heavy atom. The van der Waals surface area contributed by atoms with Gasteiger partial charge >= 0.3 is 6.03 Å². The predicted octanol–water partition coefficient (Wildman–Crippen LogP) is 3.19.